The standard InChI is InChI=1S/C16H14N2O4S/c1-18(9-10-4-3-5-17-8-10)14-7-12-13(23-14)6-11(15(19)21-2)16(20)22-12/h3-8H,9H2,1-2H3. The third kappa shape index (κ3) is 3.09. The number of hydrogen-bond acceptors (Lipinski definition) is 7. The van der Waals surface area contributed by atoms with Gasteiger partial charge in [-0.25, -0.2) is 9.59 Å². The zero-order chi connectivity index (χ0) is 16.4. The van der Waals surface area contributed by atoms with E-state index < -0.39 is 11.6 Å². The van der Waals surface area contributed by atoms with Gasteiger partial charge < -0.3 is 14.1 Å². The summed E-state index contributed by atoms with van der Waals surface area (Å²) < 4.78 is 10.5. The summed E-state index contributed by atoms with van der Waals surface area (Å²) in [6.07, 6.45) is 3.53. The maximum Gasteiger partial charge on any atom is 0.351 e. The molecule has 7 heteroatoms. The zero-order valence-corrected chi connectivity index (χ0v) is 13.4. The van der Waals surface area contributed by atoms with E-state index in [4.69, 9.17) is 4.42 Å². The molecule has 0 atom stereocenters. The number of anilines is 1. The summed E-state index contributed by atoms with van der Waals surface area (Å²) in [5.74, 6) is -0.695. The van der Waals surface area contributed by atoms with Crippen molar-refractivity contribution in [3.63, 3.8) is 0 Å². The summed E-state index contributed by atoms with van der Waals surface area (Å²) in [5, 5.41) is 0.925. The van der Waals surface area contributed by atoms with Gasteiger partial charge in [-0.15, -0.1) is 11.3 Å². The van der Waals surface area contributed by atoms with Crippen molar-refractivity contribution in [3.8, 4) is 0 Å². The van der Waals surface area contributed by atoms with Crippen LogP contribution in [-0.2, 0) is 11.3 Å². The Bertz CT molecular complexity index is 901. The molecule has 0 aliphatic rings. The molecule has 0 unspecified atom stereocenters. The largest absolute Gasteiger partial charge is 0.465 e. The normalized spacial score (nSPS) is 10.7. The molecule has 0 aliphatic carbocycles. The van der Waals surface area contributed by atoms with Gasteiger partial charge in [0.05, 0.1) is 16.8 Å². The monoisotopic (exact) mass is 330 g/mol. The van der Waals surface area contributed by atoms with Crippen molar-refractivity contribution in [3.05, 3.63) is 58.2 Å². The van der Waals surface area contributed by atoms with E-state index in [-0.39, 0.29) is 5.56 Å². The molecule has 0 N–H and O–H groups in total. The summed E-state index contributed by atoms with van der Waals surface area (Å²) in [5.41, 5.74) is 0.747. The highest BCUT2D eigenvalue weighted by molar-refractivity contribution is 7.22. The molecule has 0 aromatic carbocycles. The van der Waals surface area contributed by atoms with Gasteiger partial charge in [0.15, 0.2) is 5.58 Å². The zero-order valence-electron chi connectivity index (χ0n) is 12.6. The third-order valence-electron chi connectivity index (χ3n) is 3.33. The second kappa shape index (κ2) is 6.21. The number of rotatable bonds is 4. The topological polar surface area (TPSA) is 72.6 Å². The van der Waals surface area contributed by atoms with Crippen LogP contribution in [0.5, 0.6) is 0 Å². The van der Waals surface area contributed by atoms with Gasteiger partial charge in [-0.3, -0.25) is 4.98 Å². The average molecular weight is 330 g/mol. The van der Waals surface area contributed by atoms with Gasteiger partial charge in [-0.05, 0) is 17.7 Å². The summed E-state index contributed by atoms with van der Waals surface area (Å²) >= 11 is 1.44. The van der Waals surface area contributed by atoms with E-state index in [1.807, 2.05) is 24.1 Å². The first-order valence-corrected chi connectivity index (χ1v) is 7.66. The van der Waals surface area contributed by atoms with Crippen molar-refractivity contribution in [1.82, 2.24) is 4.98 Å². The van der Waals surface area contributed by atoms with Crippen molar-refractivity contribution in [1.29, 1.82) is 0 Å². The highest BCUT2D eigenvalue weighted by atomic mass is 32.1. The minimum atomic E-state index is -0.695. The fourth-order valence-electron chi connectivity index (χ4n) is 2.18. The van der Waals surface area contributed by atoms with Crippen LogP contribution in [-0.4, -0.2) is 25.1 Å². The summed E-state index contributed by atoms with van der Waals surface area (Å²) in [6, 6.07) is 7.18. The van der Waals surface area contributed by atoms with E-state index in [1.54, 1.807) is 18.5 Å². The van der Waals surface area contributed by atoms with Gasteiger partial charge in [0.1, 0.15) is 5.56 Å². The molecule has 3 heterocycles. The van der Waals surface area contributed by atoms with E-state index in [0.29, 0.717) is 12.1 Å². The Morgan fingerprint density at radius 3 is 2.96 bits per heavy atom. The van der Waals surface area contributed by atoms with Crippen molar-refractivity contribution >= 4 is 32.6 Å². The van der Waals surface area contributed by atoms with Crippen LogP contribution in [0.1, 0.15) is 15.9 Å². The van der Waals surface area contributed by atoms with Crippen molar-refractivity contribution < 1.29 is 13.9 Å². The highest BCUT2D eigenvalue weighted by Crippen LogP contribution is 2.32. The molecule has 0 spiro atoms. The lowest BCUT2D eigenvalue weighted by Crippen LogP contribution is -2.14. The SMILES string of the molecule is COC(=O)c1cc2sc(N(C)Cc3cccnc3)cc2oc1=O. The Morgan fingerprint density at radius 2 is 2.26 bits per heavy atom. The van der Waals surface area contributed by atoms with E-state index in [1.165, 1.54) is 24.5 Å². The minimum absolute atomic E-state index is 0.0942. The molecule has 6 nitrogen and oxygen atoms in total. The first-order valence-electron chi connectivity index (χ1n) is 6.84. The number of fused-ring (bicyclic) bond motifs is 1. The minimum Gasteiger partial charge on any atom is -0.465 e. The average Bonchev–Trinajstić information content (AvgIpc) is 2.97. The first-order chi connectivity index (χ1) is 11.1. The molecule has 23 heavy (non-hydrogen) atoms. The van der Waals surface area contributed by atoms with E-state index >= 15 is 0 Å². The number of esters is 1. The number of aromatic nitrogens is 1. The van der Waals surface area contributed by atoms with Crippen LogP contribution < -0.4 is 10.5 Å². The molecule has 118 valence electrons. The summed E-state index contributed by atoms with van der Waals surface area (Å²) in [7, 11) is 3.17. The van der Waals surface area contributed by atoms with Gasteiger partial charge in [-0.1, -0.05) is 6.07 Å². The van der Waals surface area contributed by atoms with Crippen LogP contribution in [0.25, 0.3) is 10.3 Å². The quantitative estimate of drug-likeness (QED) is 0.685. The highest BCUT2D eigenvalue weighted by Gasteiger charge is 2.16. The molecule has 3 aromatic heterocycles. The molecule has 0 radical (unpaired) electrons. The molecule has 0 fully saturated rings. The molecule has 0 aliphatic heterocycles. The van der Waals surface area contributed by atoms with Crippen LogP contribution in [0.3, 0.4) is 0 Å². The predicted octanol–water partition coefficient (Wildman–Crippen LogP) is 2.67. The lowest BCUT2D eigenvalue weighted by Gasteiger charge is -2.16. The molecule has 3 rings (SSSR count). The first kappa shape index (κ1) is 15.2. The number of ether oxygens (including phenoxy) is 1. The smallest absolute Gasteiger partial charge is 0.351 e. The van der Waals surface area contributed by atoms with Crippen molar-refractivity contribution in [2.75, 3.05) is 19.1 Å². The number of carbonyl (C=O) groups is 1. The van der Waals surface area contributed by atoms with Crippen LogP contribution in [0.15, 0.2) is 45.9 Å². The maximum atomic E-state index is 11.8. The van der Waals surface area contributed by atoms with E-state index in [2.05, 4.69) is 9.72 Å². The van der Waals surface area contributed by atoms with Crippen molar-refractivity contribution in [2.24, 2.45) is 0 Å². The number of thiophene rings is 1. The van der Waals surface area contributed by atoms with Crippen molar-refractivity contribution in [2.45, 2.75) is 6.54 Å². The fourth-order valence-corrected chi connectivity index (χ4v) is 3.17. The van der Waals surface area contributed by atoms with Gasteiger partial charge in [0.25, 0.3) is 0 Å². The molecular weight excluding hydrogens is 316 g/mol. The number of pyridine rings is 1. The van der Waals surface area contributed by atoms with Crippen LogP contribution in [0.2, 0.25) is 0 Å². The Morgan fingerprint density at radius 1 is 1.43 bits per heavy atom. The lowest BCUT2D eigenvalue weighted by molar-refractivity contribution is 0.0596. The molecular formula is C16H14N2O4S. The Labute approximate surface area is 135 Å². The fraction of sp³-hybridized carbons (Fsp3) is 0.188. The molecule has 0 saturated carbocycles. The summed E-state index contributed by atoms with van der Waals surface area (Å²) in [4.78, 5) is 29.5. The number of nitrogens with zero attached hydrogens (tertiary/aromatic N) is 2. The second-order valence-corrected chi connectivity index (χ2v) is 6.03. The van der Waals surface area contributed by atoms with E-state index in [9.17, 15) is 9.59 Å². The predicted molar refractivity (Wildman–Crippen MR) is 88.0 cm³/mol. The molecule has 0 bridgehead atoms. The molecule has 0 saturated heterocycles. The Hall–Kier alpha value is -2.67. The van der Waals surface area contributed by atoms with Crippen LogP contribution in [0.4, 0.5) is 5.00 Å². The summed E-state index contributed by atoms with van der Waals surface area (Å²) in [6.45, 7) is 0.675. The van der Waals surface area contributed by atoms with E-state index in [0.717, 1.165) is 15.3 Å². The molecule has 3 aromatic rings. The Kier molecular flexibility index (Phi) is 4.12. The van der Waals surface area contributed by atoms with Gasteiger partial charge in [0, 0.05) is 32.1 Å². The van der Waals surface area contributed by atoms with Gasteiger partial charge in [-0.2, -0.15) is 0 Å². The molecule has 0 amide bonds. The van der Waals surface area contributed by atoms with Crippen LogP contribution in [0, 0.1) is 0 Å². The Balaban J connectivity index is 1.93. The number of hydrogen-bond donors (Lipinski definition) is 0. The van der Waals surface area contributed by atoms with Gasteiger partial charge in [0.2, 0.25) is 0 Å². The second-order valence-electron chi connectivity index (χ2n) is 4.97. The van der Waals surface area contributed by atoms with Gasteiger partial charge >= 0.3 is 11.6 Å². The third-order valence-corrected chi connectivity index (χ3v) is 4.51. The van der Waals surface area contributed by atoms with Crippen LogP contribution >= 0.6 is 11.3 Å². The lowest BCUT2D eigenvalue weighted by atomic mass is 10.2. The number of methoxy groups -OCH3 is 1. The number of carbonyl (C=O) groups excluding carboxylic acids is 1. The maximum absolute atomic E-state index is 11.8.